The minimum Gasteiger partial charge on any atom is -0.493 e. The van der Waals surface area contributed by atoms with Gasteiger partial charge in [-0.25, -0.2) is 0 Å². The van der Waals surface area contributed by atoms with Gasteiger partial charge >= 0.3 is 0 Å². The van der Waals surface area contributed by atoms with Gasteiger partial charge in [-0.2, -0.15) is 0 Å². The predicted octanol–water partition coefficient (Wildman–Crippen LogP) is 1.84. The normalized spacial score (nSPS) is 16.1. The average Bonchev–Trinajstić information content (AvgIpc) is 2.63. The summed E-state index contributed by atoms with van der Waals surface area (Å²) in [5.41, 5.74) is 2.07. The van der Waals surface area contributed by atoms with Crippen molar-refractivity contribution in [3.05, 3.63) is 42.0 Å². The van der Waals surface area contributed by atoms with E-state index in [0.717, 1.165) is 24.3 Å². The highest BCUT2D eigenvalue weighted by molar-refractivity contribution is 5.41. The largest absolute Gasteiger partial charge is 0.493 e. The summed E-state index contributed by atoms with van der Waals surface area (Å²) in [5.74, 6) is 0.944. The lowest BCUT2D eigenvalue weighted by molar-refractivity contribution is 0.229. The van der Waals surface area contributed by atoms with Crippen molar-refractivity contribution in [1.82, 2.24) is 0 Å². The van der Waals surface area contributed by atoms with Gasteiger partial charge in [0.15, 0.2) is 0 Å². The molecule has 0 amide bonds. The lowest BCUT2D eigenvalue weighted by Gasteiger charge is -2.06. The summed E-state index contributed by atoms with van der Waals surface area (Å²) in [4.78, 5) is 0. The zero-order valence-corrected chi connectivity index (χ0v) is 7.36. The van der Waals surface area contributed by atoms with Crippen LogP contribution >= 0.6 is 0 Å². The van der Waals surface area contributed by atoms with Crippen LogP contribution in [-0.2, 0) is 6.42 Å². The zero-order valence-electron chi connectivity index (χ0n) is 7.36. The van der Waals surface area contributed by atoms with Gasteiger partial charge in [-0.05, 0) is 23.3 Å². The van der Waals surface area contributed by atoms with E-state index in [-0.39, 0.29) is 0 Å². The molecule has 2 heteroatoms. The van der Waals surface area contributed by atoms with Crippen LogP contribution < -0.4 is 4.74 Å². The van der Waals surface area contributed by atoms with E-state index in [1.54, 1.807) is 0 Å². The standard InChI is InChI=1S/C11H12O2/c1-2-10(12)8-3-4-11-9(7-8)5-6-13-11/h2-4,7,10,12H,1,5-6H2/t10-/m0/s1. The van der Waals surface area contributed by atoms with Crippen molar-refractivity contribution >= 4 is 0 Å². The molecule has 0 saturated carbocycles. The molecule has 1 aromatic rings. The molecule has 1 atom stereocenters. The van der Waals surface area contributed by atoms with Crippen molar-refractivity contribution in [3.63, 3.8) is 0 Å². The fourth-order valence-electron chi connectivity index (χ4n) is 1.53. The van der Waals surface area contributed by atoms with Crippen LogP contribution in [0.2, 0.25) is 0 Å². The number of fused-ring (bicyclic) bond motifs is 1. The third kappa shape index (κ3) is 1.45. The second-order valence-corrected chi connectivity index (χ2v) is 3.15. The molecule has 1 aliphatic rings. The first-order valence-corrected chi connectivity index (χ1v) is 4.37. The van der Waals surface area contributed by atoms with E-state index in [9.17, 15) is 5.11 Å². The first kappa shape index (κ1) is 8.32. The van der Waals surface area contributed by atoms with Crippen LogP contribution in [0.4, 0.5) is 0 Å². The van der Waals surface area contributed by atoms with Gasteiger partial charge in [0, 0.05) is 6.42 Å². The zero-order chi connectivity index (χ0) is 9.26. The Hall–Kier alpha value is -1.28. The summed E-state index contributed by atoms with van der Waals surface area (Å²) in [6.07, 6.45) is 1.90. The molecule has 1 heterocycles. The number of ether oxygens (including phenoxy) is 1. The van der Waals surface area contributed by atoms with Crippen LogP contribution in [0, 0.1) is 0 Å². The Bertz CT molecular complexity index is 331. The van der Waals surface area contributed by atoms with Crippen molar-refractivity contribution in [3.8, 4) is 5.75 Å². The Morgan fingerprint density at radius 1 is 1.54 bits per heavy atom. The van der Waals surface area contributed by atoms with E-state index < -0.39 is 6.10 Å². The highest BCUT2D eigenvalue weighted by Gasteiger charge is 2.13. The Morgan fingerprint density at radius 2 is 2.38 bits per heavy atom. The van der Waals surface area contributed by atoms with E-state index >= 15 is 0 Å². The smallest absolute Gasteiger partial charge is 0.122 e. The SMILES string of the molecule is C=C[C@H](O)c1ccc2c(c1)CCO2. The Kier molecular flexibility index (Phi) is 2.07. The molecule has 0 spiro atoms. The van der Waals surface area contributed by atoms with Gasteiger partial charge < -0.3 is 9.84 Å². The molecule has 0 unspecified atom stereocenters. The van der Waals surface area contributed by atoms with Crippen LogP contribution in [-0.4, -0.2) is 11.7 Å². The van der Waals surface area contributed by atoms with E-state index in [4.69, 9.17) is 4.74 Å². The predicted molar refractivity (Wildman–Crippen MR) is 50.8 cm³/mol. The topological polar surface area (TPSA) is 29.5 Å². The minimum absolute atomic E-state index is 0.564. The third-order valence-corrected chi connectivity index (χ3v) is 2.28. The maximum atomic E-state index is 9.50. The molecule has 0 fully saturated rings. The first-order chi connectivity index (χ1) is 6.31. The molecule has 2 nitrogen and oxygen atoms in total. The summed E-state index contributed by atoms with van der Waals surface area (Å²) in [7, 11) is 0. The maximum absolute atomic E-state index is 9.50. The molecule has 0 bridgehead atoms. The molecule has 1 aliphatic heterocycles. The van der Waals surface area contributed by atoms with Crippen LogP contribution in [0.5, 0.6) is 5.75 Å². The van der Waals surface area contributed by atoms with Gasteiger partial charge in [-0.3, -0.25) is 0 Å². The van der Waals surface area contributed by atoms with Gasteiger partial charge in [-0.1, -0.05) is 12.1 Å². The molecule has 2 rings (SSSR count). The Morgan fingerprint density at radius 3 is 3.15 bits per heavy atom. The lowest BCUT2D eigenvalue weighted by atomic mass is 10.0. The average molecular weight is 176 g/mol. The number of hydrogen-bond donors (Lipinski definition) is 1. The Balaban J connectivity index is 2.35. The van der Waals surface area contributed by atoms with E-state index in [0.29, 0.717) is 0 Å². The van der Waals surface area contributed by atoms with E-state index in [1.165, 1.54) is 11.6 Å². The molecule has 0 saturated heterocycles. The number of rotatable bonds is 2. The fourth-order valence-corrected chi connectivity index (χ4v) is 1.53. The molecule has 1 aromatic carbocycles. The van der Waals surface area contributed by atoms with Crippen molar-refractivity contribution in [2.24, 2.45) is 0 Å². The second kappa shape index (κ2) is 3.23. The first-order valence-electron chi connectivity index (χ1n) is 4.37. The highest BCUT2D eigenvalue weighted by atomic mass is 16.5. The molecule has 0 aromatic heterocycles. The van der Waals surface area contributed by atoms with Crippen LogP contribution in [0.15, 0.2) is 30.9 Å². The van der Waals surface area contributed by atoms with Crippen molar-refractivity contribution in [1.29, 1.82) is 0 Å². The molecule has 0 aliphatic carbocycles. The van der Waals surface area contributed by atoms with Crippen molar-refractivity contribution < 1.29 is 9.84 Å². The monoisotopic (exact) mass is 176 g/mol. The van der Waals surface area contributed by atoms with Gasteiger partial charge in [0.25, 0.3) is 0 Å². The molecular formula is C11H12O2. The minimum atomic E-state index is -0.564. The summed E-state index contributed by atoms with van der Waals surface area (Å²) in [6, 6.07) is 5.76. The van der Waals surface area contributed by atoms with Crippen LogP contribution in [0.25, 0.3) is 0 Å². The number of hydrogen-bond acceptors (Lipinski definition) is 2. The Labute approximate surface area is 77.5 Å². The second-order valence-electron chi connectivity index (χ2n) is 3.15. The molecule has 13 heavy (non-hydrogen) atoms. The third-order valence-electron chi connectivity index (χ3n) is 2.28. The van der Waals surface area contributed by atoms with Gasteiger partial charge in [0.05, 0.1) is 12.7 Å². The van der Waals surface area contributed by atoms with E-state index in [2.05, 4.69) is 6.58 Å². The summed E-state index contributed by atoms with van der Waals surface area (Å²) < 4.78 is 5.36. The van der Waals surface area contributed by atoms with Gasteiger partial charge in [-0.15, -0.1) is 6.58 Å². The van der Waals surface area contributed by atoms with E-state index in [1.807, 2.05) is 18.2 Å². The van der Waals surface area contributed by atoms with Gasteiger partial charge in [0.2, 0.25) is 0 Å². The molecule has 1 N–H and O–H groups in total. The van der Waals surface area contributed by atoms with Gasteiger partial charge in [0.1, 0.15) is 5.75 Å². The number of benzene rings is 1. The maximum Gasteiger partial charge on any atom is 0.122 e. The summed E-state index contributed by atoms with van der Waals surface area (Å²) >= 11 is 0. The summed E-state index contributed by atoms with van der Waals surface area (Å²) in [5, 5.41) is 9.50. The van der Waals surface area contributed by atoms with Crippen molar-refractivity contribution in [2.45, 2.75) is 12.5 Å². The molecule has 68 valence electrons. The number of aliphatic hydroxyl groups excluding tert-OH is 1. The molecular weight excluding hydrogens is 164 g/mol. The lowest BCUT2D eigenvalue weighted by Crippen LogP contribution is -1.92. The highest BCUT2D eigenvalue weighted by Crippen LogP contribution is 2.28. The van der Waals surface area contributed by atoms with Crippen LogP contribution in [0.1, 0.15) is 17.2 Å². The fraction of sp³-hybridized carbons (Fsp3) is 0.273. The quantitative estimate of drug-likeness (QED) is 0.697. The van der Waals surface area contributed by atoms with Crippen molar-refractivity contribution in [2.75, 3.05) is 6.61 Å². The summed E-state index contributed by atoms with van der Waals surface area (Å²) in [6.45, 7) is 4.30. The van der Waals surface area contributed by atoms with Crippen LogP contribution in [0.3, 0.4) is 0 Å². The number of aliphatic hydroxyl groups is 1. The molecule has 0 radical (unpaired) electrons.